The molecule has 0 aromatic carbocycles. The summed E-state index contributed by atoms with van der Waals surface area (Å²) in [6.07, 6.45) is 4.23. The first kappa shape index (κ1) is 11.0. The van der Waals surface area contributed by atoms with Gasteiger partial charge in [-0.05, 0) is 13.0 Å². The predicted molar refractivity (Wildman–Crippen MR) is 60.7 cm³/mol. The van der Waals surface area contributed by atoms with Crippen molar-refractivity contribution in [2.45, 2.75) is 6.92 Å². The minimum absolute atomic E-state index is 0.0250. The van der Waals surface area contributed by atoms with Gasteiger partial charge in [-0.1, -0.05) is 0 Å². The second kappa shape index (κ2) is 4.56. The Balaban J connectivity index is 2.37. The summed E-state index contributed by atoms with van der Waals surface area (Å²) in [5.74, 6) is 0.353. The molecule has 0 unspecified atom stereocenters. The van der Waals surface area contributed by atoms with Gasteiger partial charge in [0.15, 0.2) is 0 Å². The van der Waals surface area contributed by atoms with Gasteiger partial charge in [0.2, 0.25) is 5.95 Å². The molecule has 2 aromatic heterocycles. The van der Waals surface area contributed by atoms with Crippen LogP contribution < -0.4 is 5.63 Å². The zero-order valence-corrected chi connectivity index (χ0v) is 8.99. The van der Waals surface area contributed by atoms with Crippen molar-refractivity contribution >= 4 is 12.2 Å². The van der Waals surface area contributed by atoms with E-state index in [0.717, 1.165) is 0 Å². The summed E-state index contributed by atoms with van der Waals surface area (Å²) < 4.78 is 4.83. The molecule has 0 fully saturated rings. The Morgan fingerprint density at radius 1 is 1.41 bits per heavy atom. The Hall–Kier alpha value is -2.50. The molecule has 17 heavy (non-hydrogen) atoms. The van der Waals surface area contributed by atoms with E-state index in [1.54, 1.807) is 13.0 Å². The van der Waals surface area contributed by atoms with Gasteiger partial charge in [0.25, 0.3) is 0 Å². The second-order valence-electron chi connectivity index (χ2n) is 3.25. The normalized spacial score (nSPS) is 10.9. The van der Waals surface area contributed by atoms with Gasteiger partial charge in [-0.25, -0.2) is 19.8 Å². The molecule has 0 saturated carbocycles. The Kier molecular flexibility index (Phi) is 2.95. The van der Waals surface area contributed by atoms with Crippen molar-refractivity contribution < 1.29 is 9.52 Å². The molecule has 1 N–H and O–H groups in total. The van der Waals surface area contributed by atoms with Crippen molar-refractivity contribution in [3.05, 3.63) is 46.3 Å². The monoisotopic (exact) mass is 231 g/mol. The van der Waals surface area contributed by atoms with E-state index in [2.05, 4.69) is 15.0 Å². The average Bonchev–Trinajstić information content (AvgIpc) is 2.29. The highest BCUT2D eigenvalue weighted by molar-refractivity contribution is 5.83. The summed E-state index contributed by atoms with van der Waals surface area (Å²) in [7, 11) is 0. The quantitative estimate of drug-likeness (QED) is 0.784. The van der Waals surface area contributed by atoms with Gasteiger partial charge in [0, 0.05) is 24.7 Å². The summed E-state index contributed by atoms with van der Waals surface area (Å²) in [5.41, 5.74) is -0.676. The SMILES string of the molecule is Cc1cc(O)c(/C=N/c2ncccn2)c(=O)o1. The summed E-state index contributed by atoms with van der Waals surface area (Å²) in [4.78, 5) is 23.0. The first-order valence-corrected chi connectivity index (χ1v) is 4.81. The number of aromatic hydroxyl groups is 1. The Labute approximate surface area is 96.3 Å². The maximum absolute atomic E-state index is 11.4. The minimum atomic E-state index is -0.651. The van der Waals surface area contributed by atoms with Gasteiger partial charge in [0.1, 0.15) is 17.1 Å². The molecule has 0 atom stereocenters. The molecule has 0 saturated heterocycles. The van der Waals surface area contributed by atoms with Crippen LogP contribution in [0, 0.1) is 6.92 Å². The van der Waals surface area contributed by atoms with E-state index in [0.29, 0.717) is 5.76 Å². The standard InChI is InChI=1S/C11H9N3O3/c1-7-5-9(15)8(10(16)17-7)6-14-11-12-3-2-4-13-11/h2-6,15H,1H3/b14-6+. The van der Waals surface area contributed by atoms with Crippen LogP contribution in [0.15, 0.2) is 38.7 Å². The highest BCUT2D eigenvalue weighted by Crippen LogP contribution is 2.13. The van der Waals surface area contributed by atoms with Gasteiger partial charge >= 0.3 is 5.63 Å². The van der Waals surface area contributed by atoms with E-state index in [9.17, 15) is 9.90 Å². The number of aromatic nitrogens is 2. The van der Waals surface area contributed by atoms with Crippen LogP contribution in [0.5, 0.6) is 5.75 Å². The highest BCUT2D eigenvalue weighted by atomic mass is 16.4. The maximum Gasteiger partial charge on any atom is 0.348 e. The molecule has 0 amide bonds. The molecule has 2 aromatic rings. The fraction of sp³-hybridized carbons (Fsp3) is 0.0909. The lowest BCUT2D eigenvalue weighted by molar-refractivity contribution is 0.433. The first-order valence-electron chi connectivity index (χ1n) is 4.81. The molecule has 0 aliphatic carbocycles. The molecule has 2 rings (SSSR count). The van der Waals surface area contributed by atoms with Gasteiger partial charge in [0.05, 0.1) is 0 Å². The fourth-order valence-corrected chi connectivity index (χ4v) is 1.20. The van der Waals surface area contributed by atoms with E-state index < -0.39 is 5.63 Å². The van der Waals surface area contributed by atoms with Crippen molar-refractivity contribution in [3.8, 4) is 5.75 Å². The summed E-state index contributed by atoms with van der Waals surface area (Å²) >= 11 is 0. The van der Waals surface area contributed by atoms with E-state index in [4.69, 9.17) is 4.42 Å². The molecule has 0 radical (unpaired) electrons. The largest absolute Gasteiger partial charge is 0.507 e. The van der Waals surface area contributed by atoms with Crippen LogP contribution in [0.1, 0.15) is 11.3 Å². The molecule has 0 aliphatic heterocycles. The smallest absolute Gasteiger partial charge is 0.348 e. The molecule has 86 valence electrons. The molecule has 2 heterocycles. The number of aryl methyl sites for hydroxylation is 1. The third kappa shape index (κ3) is 2.54. The number of aliphatic imine (C=N–C) groups is 1. The zero-order chi connectivity index (χ0) is 12.3. The first-order chi connectivity index (χ1) is 8.16. The average molecular weight is 231 g/mol. The van der Waals surface area contributed by atoms with Gasteiger partial charge in [-0.15, -0.1) is 0 Å². The van der Waals surface area contributed by atoms with Crippen molar-refractivity contribution in [2.75, 3.05) is 0 Å². The molecule has 0 aliphatic rings. The highest BCUT2D eigenvalue weighted by Gasteiger charge is 2.06. The van der Waals surface area contributed by atoms with Gasteiger partial charge < -0.3 is 9.52 Å². The Bertz CT molecular complexity index is 605. The summed E-state index contributed by atoms with van der Waals surface area (Å²) in [6, 6.07) is 2.99. The Morgan fingerprint density at radius 3 is 2.76 bits per heavy atom. The van der Waals surface area contributed by atoms with Crippen molar-refractivity contribution in [1.29, 1.82) is 0 Å². The van der Waals surface area contributed by atoms with E-state index in [1.807, 2.05) is 0 Å². The molecular formula is C11H9N3O3. The van der Waals surface area contributed by atoms with E-state index in [1.165, 1.54) is 24.7 Å². The topological polar surface area (TPSA) is 88.6 Å². The van der Waals surface area contributed by atoms with Crippen LogP contribution >= 0.6 is 0 Å². The summed E-state index contributed by atoms with van der Waals surface area (Å²) in [5, 5.41) is 9.56. The van der Waals surface area contributed by atoms with Crippen LogP contribution in [0.3, 0.4) is 0 Å². The second-order valence-corrected chi connectivity index (χ2v) is 3.25. The zero-order valence-electron chi connectivity index (χ0n) is 8.99. The third-order valence-corrected chi connectivity index (χ3v) is 1.95. The summed E-state index contributed by atoms with van der Waals surface area (Å²) in [6.45, 7) is 1.57. The number of hydrogen-bond donors (Lipinski definition) is 1. The molecule has 0 bridgehead atoms. The van der Waals surface area contributed by atoms with Crippen molar-refractivity contribution in [1.82, 2.24) is 9.97 Å². The van der Waals surface area contributed by atoms with Crippen molar-refractivity contribution in [2.24, 2.45) is 4.99 Å². The number of rotatable bonds is 2. The molecule has 0 spiro atoms. The lowest BCUT2D eigenvalue weighted by atomic mass is 10.2. The molecular weight excluding hydrogens is 222 g/mol. The van der Waals surface area contributed by atoms with Gasteiger partial charge in [-0.3, -0.25) is 0 Å². The van der Waals surface area contributed by atoms with Crippen LogP contribution in [0.25, 0.3) is 0 Å². The van der Waals surface area contributed by atoms with Gasteiger partial charge in [-0.2, -0.15) is 0 Å². The fourth-order valence-electron chi connectivity index (χ4n) is 1.20. The minimum Gasteiger partial charge on any atom is -0.507 e. The third-order valence-electron chi connectivity index (χ3n) is 1.95. The maximum atomic E-state index is 11.4. The Morgan fingerprint density at radius 2 is 2.12 bits per heavy atom. The van der Waals surface area contributed by atoms with Crippen LogP contribution in [0.4, 0.5) is 5.95 Å². The van der Waals surface area contributed by atoms with Crippen LogP contribution in [-0.2, 0) is 0 Å². The van der Waals surface area contributed by atoms with E-state index >= 15 is 0 Å². The van der Waals surface area contributed by atoms with Crippen LogP contribution in [-0.4, -0.2) is 21.3 Å². The molecule has 6 nitrogen and oxygen atoms in total. The number of hydrogen-bond acceptors (Lipinski definition) is 6. The molecule has 6 heteroatoms. The predicted octanol–water partition coefficient (Wildman–Crippen LogP) is 1.19. The lowest BCUT2D eigenvalue weighted by Gasteiger charge is -1.97. The van der Waals surface area contributed by atoms with Crippen molar-refractivity contribution in [3.63, 3.8) is 0 Å². The van der Waals surface area contributed by atoms with Crippen LogP contribution in [0.2, 0.25) is 0 Å². The lowest BCUT2D eigenvalue weighted by Crippen LogP contribution is -2.07. The number of nitrogens with zero attached hydrogens (tertiary/aromatic N) is 3. The van der Waals surface area contributed by atoms with E-state index in [-0.39, 0.29) is 17.3 Å².